The average Bonchev–Trinajstić information content (AvgIpc) is 2.51. The van der Waals surface area contributed by atoms with Crippen molar-refractivity contribution in [1.82, 2.24) is 5.32 Å². The van der Waals surface area contributed by atoms with E-state index in [-0.39, 0.29) is 0 Å². The van der Waals surface area contributed by atoms with Gasteiger partial charge >= 0.3 is 0 Å². The molecule has 2 aromatic rings. The average molecular weight is 324 g/mol. The van der Waals surface area contributed by atoms with Gasteiger partial charge in [-0.25, -0.2) is 5.01 Å². The molecule has 0 aliphatic rings. The van der Waals surface area contributed by atoms with Crippen molar-refractivity contribution >= 4 is 35.3 Å². The van der Waals surface area contributed by atoms with Gasteiger partial charge in [0.2, 0.25) is 6.41 Å². The second-order valence-corrected chi connectivity index (χ2v) is 4.94. The molecule has 2 aromatic carbocycles. The lowest BCUT2D eigenvalue weighted by atomic mass is 10.1. The lowest BCUT2D eigenvalue weighted by molar-refractivity contribution is -0.110. The summed E-state index contributed by atoms with van der Waals surface area (Å²) in [6.07, 6.45) is -0.286. The van der Waals surface area contributed by atoms with Crippen LogP contribution in [0.4, 0.5) is 5.69 Å². The van der Waals surface area contributed by atoms with Crippen LogP contribution in [0.25, 0.3) is 0 Å². The van der Waals surface area contributed by atoms with Gasteiger partial charge in [-0.15, -0.1) is 4.91 Å². The summed E-state index contributed by atoms with van der Waals surface area (Å²) in [5.74, 6) is 0. The summed E-state index contributed by atoms with van der Waals surface area (Å²) >= 11 is 11.8. The molecule has 0 aromatic heterocycles. The van der Waals surface area contributed by atoms with Gasteiger partial charge in [0.15, 0.2) is 6.17 Å². The first-order valence-electron chi connectivity index (χ1n) is 5.99. The van der Waals surface area contributed by atoms with E-state index >= 15 is 0 Å². The SMILES string of the molecule is O=CNC(c1ccc(Cl)c(Cl)c1)N(N=O)c1ccccc1. The molecule has 0 saturated carbocycles. The zero-order valence-electron chi connectivity index (χ0n) is 10.7. The smallest absolute Gasteiger partial charge is 0.209 e. The number of hydrogen-bond acceptors (Lipinski definition) is 3. The quantitative estimate of drug-likeness (QED) is 0.379. The first-order valence-corrected chi connectivity index (χ1v) is 6.75. The van der Waals surface area contributed by atoms with Crippen molar-refractivity contribution < 1.29 is 4.79 Å². The first-order chi connectivity index (χ1) is 10.2. The molecule has 0 saturated heterocycles. The molecule has 0 radical (unpaired) electrons. The molecule has 1 amide bonds. The summed E-state index contributed by atoms with van der Waals surface area (Å²) in [6.45, 7) is 0. The lowest BCUT2D eigenvalue weighted by Crippen LogP contribution is -2.34. The van der Waals surface area contributed by atoms with E-state index < -0.39 is 6.17 Å². The van der Waals surface area contributed by atoms with E-state index in [1.165, 1.54) is 0 Å². The Bertz CT molecular complexity index is 637. The third-order valence-corrected chi connectivity index (χ3v) is 3.58. The highest BCUT2D eigenvalue weighted by Crippen LogP contribution is 2.29. The third kappa shape index (κ3) is 3.51. The Morgan fingerprint density at radius 1 is 1.10 bits per heavy atom. The zero-order valence-corrected chi connectivity index (χ0v) is 12.3. The molecule has 0 heterocycles. The standard InChI is InChI=1S/C14H11Cl2N3O2/c15-12-7-6-10(8-13(12)16)14(17-9-20)19(18-21)11-4-2-1-3-5-11/h1-9,14H,(H,17,20). The molecule has 2 rings (SSSR count). The van der Waals surface area contributed by atoms with E-state index in [4.69, 9.17) is 23.2 Å². The Balaban J connectivity index is 2.43. The predicted octanol–water partition coefficient (Wildman–Crippen LogP) is 3.93. The van der Waals surface area contributed by atoms with Gasteiger partial charge in [0.25, 0.3) is 0 Å². The van der Waals surface area contributed by atoms with Gasteiger partial charge < -0.3 is 5.32 Å². The fourth-order valence-corrected chi connectivity index (χ4v) is 2.19. The molecule has 0 aliphatic carbocycles. The minimum absolute atomic E-state index is 0.325. The topological polar surface area (TPSA) is 61.8 Å². The van der Waals surface area contributed by atoms with Crippen LogP contribution in [0.2, 0.25) is 10.0 Å². The molecule has 1 atom stereocenters. The Hall–Kier alpha value is -2.11. The molecule has 1 unspecified atom stereocenters. The second-order valence-electron chi connectivity index (χ2n) is 4.12. The zero-order chi connectivity index (χ0) is 15.2. The normalized spacial score (nSPS) is 11.5. The fraction of sp³-hybridized carbons (Fsp3) is 0.0714. The summed E-state index contributed by atoms with van der Waals surface area (Å²) in [6, 6.07) is 13.6. The summed E-state index contributed by atoms with van der Waals surface area (Å²) in [5.41, 5.74) is 1.12. The number of nitroso groups, excluding NO2 is 1. The number of amides is 1. The van der Waals surface area contributed by atoms with Gasteiger partial charge in [0.05, 0.1) is 21.0 Å². The van der Waals surface area contributed by atoms with E-state index in [2.05, 4.69) is 10.6 Å². The Labute approximate surface area is 131 Å². The molecule has 0 spiro atoms. The number of para-hydroxylation sites is 1. The molecular weight excluding hydrogens is 313 g/mol. The number of carbonyl (C=O) groups is 1. The molecule has 7 heteroatoms. The first kappa shape index (κ1) is 15.3. The van der Waals surface area contributed by atoms with Crippen molar-refractivity contribution in [2.45, 2.75) is 6.17 Å². The number of anilines is 1. The number of halogens is 2. The summed E-state index contributed by atoms with van der Waals surface area (Å²) in [7, 11) is 0. The lowest BCUT2D eigenvalue weighted by Gasteiger charge is -2.26. The van der Waals surface area contributed by atoms with Crippen LogP contribution >= 0.6 is 23.2 Å². The van der Waals surface area contributed by atoms with Crippen LogP contribution in [0.5, 0.6) is 0 Å². The number of carbonyl (C=O) groups excluding carboxylic acids is 1. The molecule has 108 valence electrons. The van der Waals surface area contributed by atoms with Crippen molar-refractivity contribution in [3.63, 3.8) is 0 Å². The van der Waals surface area contributed by atoms with Crippen molar-refractivity contribution in [2.24, 2.45) is 5.29 Å². The molecule has 0 bridgehead atoms. The van der Waals surface area contributed by atoms with Crippen LogP contribution < -0.4 is 10.3 Å². The van der Waals surface area contributed by atoms with E-state index in [1.807, 2.05) is 6.07 Å². The number of benzene rings is 2. The van der Waals surface area contributed by atoms with Gasteiger partial charge in [-0.05, 0) is 29.8 Å². The van der Waals surface area contributed by atoms with Gasteiger partial charge in [-0.2, -0.15) is 0 Å². The van der Waals surface area contributed by atoms with Crippen molar-refractivity contribution in [3.05, 3.63) is 69.0 Å². The van der Waals surface area contributed by atoms with Crippen LogP contribution in [0, 0.1) is 4.91 Å². The molecular formula is C14H11Cl2N3O2. The van der Waals surface area contributed by atoms with Gasteiger partial charge in [-0.3, -0.25) is 4.79 Å². The summed E-state index contributed by atoms with van der Waals surface area (Å²) < 4.78 is 0. The maximum absolute atomic E-state index is 11.2. The number of nitrogens with one attached hydrogen (secondary N) is 1. The Morgan fingerprint density at radius 2 is 1.81 bits per heavy atom. The van der Waals surface area contributed by atoms with Crippen LogP contribution in [0.3, 0.4) is 0 Å². The third-order valence-electron chi connectivity index (χ3n) is 2.84. The van der Waals surface area contributed by atoms with E-state index in [1.54, 1.807) is 42.5 Å². The number of nitrogens with zero attached hydrogens (tertiary/aromatic N) is 2. The summed E-state index contributed by atoms with van der Waals surface area (Å²) in [5, 5.41) is 7.39. The minimum Gasteiger partial charge on any atom is -0.333 e. The molecule has 1 N–H and O–H groups in total. The van der Waals surface area contributed by atoms with Gasteiger partial charge in [-0.1, -0.05) is 47.5 Å². The maximum atomic E-state index is 11.2. The molecule has 0 aliphatic heterocycles. The van der Waals surface area contributed by atoms with Crippen molar-refractivity contribution in [1.29, 1.82) is 0 Å². The highest BCUT2D eigenvalue weighted by atomic mass is 35.5. The van der Waals surface area contributed by atoms with Crippen LogP contribution in [0.1, 0.15) is 11.7 Å². The molecule has 0 fully saturated rings. The van der Waals surface area contributed by atoms with Crippen molar-refractivity contribution in [2.75, 3.05) is 5.01 Å². The Kier molecular flexibility index (Phi) is 5.14. The van der Waals surface area contributed by atoms with Gasteiger partial charge in [0, 0.05) is 0 Å². The van der Waals surface area contributed by atoms with Crippen molar-refractivity contribution in [3.8, 4) is 0 Å². The largest absolute Gasteiger partial charge is 0.333 e. The summed E-state index contributed by atoms with van der Waals surface area (Å²) in [4.78, 5) is 22.1. The fourth-order valence-electron chi connectivity index (χ4n) is 1.88. The highest BCUT2D eigenvalue weighted by Gasteiger charge is 2.22. The highest BCUT2D eigenvalue weighted by molar-refractivity contribution is 6.42. The van der Waals surface area contributed by atoms with E-state index in [0.717, 1.165) is 5.01 Å². The van der Waals surface area contributed by atoms with Gasteiger partial charge in [0.1, 0.15) is 0 Å². The monoisotopic (exact) mass is 323 g/mol. The number of hydrogen-bond donors (Lipinski definition) is 1. The Morgan fingerprint density at radius 3 is 2.38 bits per heavy atom. The van der Waals surface area contributed by atoms with Crippen LogP contribution in [-0.2, 0) is 4.79 Å². The minimum atomic E-state index is -0.780. The maximum Gasteiger partial charge on any atom is 0.209 e. The molecule has 5 nitrogen and oxygen atoms in total. The number of rotatable bonds is 6. The molecule has 21 heavy (non-hydrogen) atoms. The van der Waals surface area contributed by atoms with Crippen LogP contribution in [0.15, 0.2) is 53.8 Å². The second kappa shape index (κ2) is 7.06. The van der Waals surface area contributed by atoms with E-state index in [0.29, 0.717) is 27.7 Å². The van der Waals surface area contributed by atoms with Crippen LogP contribution in [-0.4, -0.2) is 6.41 Å². The predicted molar refractivity (Wildman–Crippen MR) is 83.1 cm³/mol. The van der Waals surface area contributed by atoms with E-state index in [9.17, 15) is 9.70 Å².